The van der Waals surface area contributed by atoms with E-state index in [1.807, 2.05) is 13.0 Å². The lowest BCUT2D eigenvalue weighted by Crippen LogP contribution is -2.32. The van der Waals surface area contributed by atoms with Crippen LogP contribution in [-0.4, -0.2) is 23.9 Å². The maximum Gasteiger partial charge on any atom is 0.335 e. The third-order valence-electron chi connectivity index (χ3n) is 3.52. The van der Waals surface area contributed by atoms with Crippen LogP contribution >= 0.6 is 0 Å². The number of nitrogens with two attached hydrogens (primary N) is 1. The van der Waals surface area contributed by atoms with E-state index in [4.69, 9.17) is 10.8 Å². The van der Waals surface area contributed by atoms with Gasteiger partial charge in [0.15, 0.2) is 0 Å². The summed E-state index contributed by atoms with van der Waals surface area (Å²) in [7, 11) is 1.66. The Balaban J connectivity index is 2.36. The summed E-state index contributed by atoms with van der Waals surface area (Å²) in [6.45, 7) is 1.84. The summed E-state index contributed by atoms with van der Waals surface area (Å²) in [5.74, 6) is -1.33. The number of benzene rings is 2. The van der Waals surface area contributed by atoms with Gasteiger partial charge in [0.25, 0.3) is 0 Å². The number of hydrogen-bond donors (Lipinski definition) is 3. The van der Waals surface area contributed by atoms with Gasteiger partial charge in [0.05, 0.1) is 16.9 Å². The minimum atomic E-state index is -1.02. The number of aromatic carboxylic acids is 1. The van der Waals surface area contributed by atoms with Crippen LogP contribution in [0.1, 0.15) is 26.3 Å². The van der Waals surface area contributed by atoms with E-state index in [9.17, 15) is 9.59 Å². The molecule has 6 heteroatoms. The molecule has 0 aliphatic rings. The molecular weight excluding hydrogens is 306 g/mol. The van der Waals surface area contributed by atoms with Gasteiger partial charge in [0.2, 0.25) is 5.78 Å². The number of allylic oxidation sites excluding steroid dienone is 1. The monoisotopic (exact) mass is 325 g/mol. The number of ketones is 1. The summed E-state index contributed by atoms with van der Waals surface area (Å²) >= 11 is 0. The van der Waals surface area contributed by atoms with Gasteiger partial charge in [0, 0.05) is 18.8 Å². The number of carboxylic acids is 1. The molecule has 0 aliphatic heterocycles. The Morgan fingerprint density at radius 1 is 1.12 bits per heavy atom. The van der Waals surface area contributed by atoms with Crippen LogP contribution < -0.4 is 16.2 Å². The Bertz CT molecular complexity index is 785. The van der Waals surface area contributed by atoms with Crippen molar-refractivity contribution in [1.82, 2.24) is 5.43 Å². The third kappa shape index (κ3) is 3.80. The van der Waals surface area contributed by atoms with Gasteiger partial charge in [-0.25, -0.2) is 10.2 Å². The SMILES string of the molecule is CNN(/C=C(\N)C(=O)c1ccccc1)c1cc(C(=O)O)ccc1C. The standard InChI is InChI=1S/C18H19N3O3/c1-12-8-9-14(18(23)24)10-16(12)21(20-2)11-15(19)17(22)13-6-4-3-5-7-13/h3-11,20H,19H2,1-2H3,(H,23,24)/b15-11-. The molecule has 2 rings (SSSR count). The Hall–Kier alpha value is -3.12. The summed E-state index contributed by atoms with van der Waals surface area (Å²) in [6, 6.07) is 13.4. The first-order valence-corrected chi connectivity index (χ1v) is 7.31. The predicted molar refractivity (Wildman–Crippen MR) is 92.7 cm³/mol. The molecule has 0 spiro atoms. The number of carboxylic acid groups (broad SMARTS) is 1. The van der Waals surface area contributed by atoms with Crippen molar-refractivity contribution in [3.8, 4) is 0 Å². The van der Waals surface area contributed by atoms with Gasteiger partial charge >= 0.3 is 5.97 Å². The maximum atomic E-state index is 12.3. The first-order chi connectivity index (χ1) is 11.4. The zero-order valence-corrected chi connectivity index (χ0v) is 13.5. The molecule has 0 amide bonds. The number of rotatable bonds is 6. The quantitative estimate of drug-likeness (QED) is 0.428. The highest BCUT2D eigenvalue weighted by molar-refractivity contribution is 6.08. The van der Waals surface area contributed by atoms with Gasteiger partial charge in [-0.05, 0) is 24.6 Å². The van der Waals surface area contributed by atoms with Crippen LogP contribution in [0.25, 0.3) is 0 Å². The van der Waals surface area contributed by atoms with Crippen molar-refractivity contribution in [2.45, 2.75) is 6.92 Å². The second kappa shape index (κ2) is 7.43. The van der Waals surface area contributed by atoms with Gasteiger partial charge < -0.3 is 10.8 Å². The topological polar surface area (TPSA) is 95.7 Å². The summed E-state index contributed by atoms with van der Waals surface area (Å²) in [5, 5.41) is 10.7. The second-order valence-electron chi connectivity index (χ2n) is 5.18. The fraction of sp³-hybridized carbons (Fsp3) is 0.111. The minimum absolute atomic E-state index is 0.0377. The van der Waals surface area contributed by atoms with E-state index >= 15 is 0 Å². The summed E-state index contributed by atoms with van der Waals surface area (Å²) in [6.07, 6.45) is 1.45. The average molecular weight is 325 g/mol. The van der Waals surface area contributed by atoms with Crippen molar-refractivity contribution in [1.29, 1.82) is 0 Å². The molecule has 0 radical (unpaired) electrons. The molecule has 0 saturated carbocycles. The van der Waals surface area contributed by atoms with Crippen molar-refractivity contribution in [3.63, 3.8) is 0 Å². The van der Waals surface area contributed by atoms with Gasteiger partial charge in [-0.3, -0.25) is 9.80 Å². The van der Waals surface area contributed by atoms with Crippen molar-refractivity contribution in [2.24, 2.45) is 5.73 Å². The molecule has 0 aromatic heterocycles. The number of nitrogens with zero attached hydrogens (tertiary/aromatic N) is 1. The molecule has 0 heterocycles. The lowest BCUT2D eigenvalue weighted by Gasteiger charge is -2.22. The van der Waals surface area contributed by atoms with Crippen LogP contribution in [0.5, 0.6) is 0 Å². The zero-order valence-electron chi connectivity index (χ0n) is 13.5. The highest BCUT2D eigenvalue weighted by Crippen LogP contribution is 2.21. The van der Waals surface area contributed by atoms with E-state index in [-0.39, 0.29) is 17.0 Å². The highest BCUT2D eigenvalue weighted by Gasteiger charge is 2.14. The van der Waals surface area contributed by atoms with Gasteiger partial charge in [-0.2, -0.15) is 0 Å². The number of anilines is 1. The molecule has 0 unspecified atom stereocenters. The third-order valence-corrected chi connectivity index (χ3v) is 3.52. The molecule has 2 aromatic carbocycles. The minimum Gasteiger partial charge on any atom is -0.478 e. The van der Waals surface area contributed by atoms with E-state index < -0.39 is 5.97 Å². The average Bonchev–Trinajstić information content (AvgIpc) is 2.60. The first kappa shape index (κ1) is 17.2. The fourth-order valence-corrected chi connectivity index (χ4v) is 2.21. The van der Waals surface area contributed by atoms with Crippen LogP contribution in [0.3, 0.4) is 0 Å². The van der Waals surface area contributed by atoms with Gasteiger partial charge in [-0.1, -0.05) is 36.4 Å². The number of carbonyl (C=O) groups excluding carboxylic acids is 1. The number of carbonyl (C=O) groups is 2. The lowest BCUT2D eigenvalue weighted by atomic mass is 10.1. The number of Topliss-reactive ketones (excluding diaryl/α,β-unsaturated/α-hetero) is 1. The normalized spacial score (nSPS) is 11.2. The molecule has 2 aromatic rings. The van der Waals surface area contributed by atoms with Crippen LogP contribution in [0.2, 0.25) is 0 Å². The van der Waals surface area contributed by atoms with Gasteiger partial charge in [-0.15, -0.1) is 0 Å². The van der Waals surface area contributed by atoms with E-state index in [0.717, 1.165) is 5.56 Å². The zero-order chi connectivity index (χ0) is 17.7. The van der Waals surface area contributed by atoms with Crippen LogP contribution in [-0.2, 0) is 0 Å². The van der Waals surface area contributed by atoms with Crippen molar-refractivity contribution in [2.75, 3.05) is 12.1 Å². The number of nitrogens with one attached hydrogen (secondary N) is 1. The Morgan fingerprint density at radius 2 is 1.79 bits per heavy atom. The summed E-state index contributed by atoms with van der Waals surface area (Å²) in [5.41, 5.74) is 10.9. The molecule has 124 valence electrons. The van der Waals surface area contributed by atoms with E-state index in [2.05, 4.69) is 5.43 Å². The number of hydrogen-bond acceptors (Lipinski definition) is 5. The smallest absolute Gasteiger partial charge is 0.335 e. The molecule has 0 fully saturated rings. The molecule has 0 aliphatic carbocycles. The summed E-state index contributed by atoms with van der Waals surface area (Å²) in [4.78, 5) is 23.5. The Morgan fingerprint density at radius 3 is 2.38 bits per heavy atom. The summed E-state index contributed by atoms with van der Waals surface area (Å²) < 4.78 is 0. The second-order valence-corrected chi connectivity index (χ2v) is 5.18. The van der Waals surface area contributed by atoms with Crippen LogP contribution in [0.4, 0.5) is 5.69 Å². The van der Waals surface area contributed by atoms with E-state index in [1.165, 1.54) is 23.3 Å². The Kier molecular flexibility index (Phi) is 5.34. The maximum absolute atomic E-state index is 12.3. The molecule has 0 bridgehead atoms. The van der Waals surface area contributed by atoms with E-state index in [0.29, 0.717) is 11.3 Å². The van der Waals surface area contributed by atoms with Crippen LogP contribution in [0.15, 0.2) is 60.4 Å². The molecule has 4 N–H and O–H groups in total. The van der Waals surface area contributed by atoms with Gasteiger partial charge in [0.1, 0.15) is 0 Å². The molecule has 24 heavy (non-hydrogen) atoms. The molecule has 0 atom stereocenters. The van der Waals surface area contributed by atoms with Crippen molar-refractivity contribution in [3.05, 3.63) is 77.1 Å². The largest absolute Gasteiger partial charge is 0.478 e. The number of aryl methyl sites for hydroxylation is 1. The first-order valence-electron chi connectivity index (χ1n) is 7.31. The molecule has 6 nitrogen and oxygen atoms in total. The highest BCUT2D eigenvalue weighted by atomic mass is 16.4. The van der Waals surface area contributed by atoms with Crippen LogP contribution in [0, 0.1) is 6.92 Å². The predicted octanol–water partition coefficient (Wildman–Crippen LogP) is 2.32. The van der Waals surface area contributed by atoms with E-state index in [1.54, 1.807) is 37.4 Å². The lowest BCUT2D eigenvalue weighted by molar-refractivity contribution is 0.0696. The molecular formula is C18H19N3O3. The molecule has 0 saturated heterocycles. The van der Waals surface area contributed by atoms with Crippen molar-refractivity contribution < 1.29 is 14.7 Å². The Labute approximate surface area is 140 Å². The fourth-order valence-electron chi connectivity index (χ4n) is 2.21. The van der Waals surface area contributed by atoms with Crippen molar-refractivity contribution >= 4 is 17.4 Å². The number of hydrazine groups is 1.